The van der Waals surface area contributed by atoms with Gasteiger partial charge in [0, 0.05) is 14.2 Å². The van der Waals surface area contributed by atoms with E-state index in [0.29, 0.717) is 0 Å². The van der Waals surface area contributed by atoms with Gasteiger partial charge in [-0.15, -0.1) is 0 Å². The third-order valence-electron chi connectivity index (χ3n) is 2.09. The van der Waals surface area contributed by atoms with E-state index in [1.165, 1.54) is 35.0 Å². The van der Waals surface area contributed by atoms with Gasteiger partial charge in [0.1, 0.15) is 0 Å². The van der Waals surface area contributed by atoms with Crippen LogP contribution >= 0.6 is 7.60 Å². The molecule has 0 heterocycles. The van der Waals surface area contributed by atoms with Gasteiger partial charge in [0.05, 0.1) is 5.25 Å². The van der Waals surface area contributed by atoms with Crippen molar-refractivity contribution in [3.8, 4) is 0 Å². The van der Waals surface area contributed by atoms with Gasteiger partial charge in [0.2, 0.25) is 0 Å². The number of sulfone groups is 1. The highest BCUT2D eigenvalue weighted by molar-refractivity contribution is 7.99. The van der Waals surface area contributed by atoms with Crippen molar-refractivity contribution >= 4 is 17.4 Å². The Morgan fingerprint density at radius 2 is 1.43 bits per heavy atom. The van der Waals surface area contributed by atoms with E-state index in [9.17, 15) is 13.0 Å². The van der Waals surface area contributed by atoms with E-state index in [2.05, 4.69) is 9.05 Å². The molecule has 0 N–H and O–H groups in total. The molecule has 0 saturated heterocycles. The summed E-state index contributed by atoms with van der Waals surface area (Å²) in [5, 5.41) is -0.601. The largest absolute Gasteiger partial charge is 0.347 e. The molecule has 0 unspecified atom stereocenters. The fourth-order valence-electron chi connectivity index (χ4n) is 0.945. The van der Waals surface area contributed by atoms with Crippen LogP contribution < -0.4 is 0 Å². The maximum absolute atomic E-state index is 11.8. The SMILES string of the molecule is COP(=O)(OC)[C@@H](C)S(=O)(=O)C(C)C. The molecule has 5 nitrogen and oxygen atoms in total. The molecule has 0 aliphatic rings. The van der Waals surface area contributed by atoms with Gasteiger partial charge in [-0.3, -0.25) is 4.57 Å². The second kappa shape index (κ2) is 4.75. The van der Waals surface area contributed by atoms with Gasteiger partial charge in [0.15, 0.2) is 14.8 Å². The summed E-state index contributed by atoms with van der Waals surface area (Å²) in [6.07, 6.45) is 0. The van der Waals surface area contributed by atoms with E-state index in [4.69, 9.17) is 0 Å². The van der Waals surface area contributed by atoms with Crippen LogP contribution in [0.25, 0.3) is 0 Å². The topological polar surface area (TPSA) is 69.7 Å². The zero-order valence-electron chi connectivity index (χ0n) is 9.05. The third-order valence-corrected chi connectivity index (χ3v) is 7.92. The Kier molecular flexibility index (Phi) is 4.78. The van der Waals surface area contributed by atoms with Crippen LogP contribution in [0, 0.1) is 0 Å². The minimum Gasteiger partial charge on any atom is -0.311 e. The lowest BCUT2D eigenvalue weighted by Crippen LogP contribution is -2.27. The first-order chi connectivity index (χ1) is 6.22. The van der Waals surface area contributed by atoms with Crippen molar-refractivity contribution in [3.63, 3.8) is 0 Å². The summed E-state index contributed by atoms with van der Waals surface area (Å²) in [6.45, 7) is 4.39. The predicted octanol–water partition coefficient (Wildman–Crippen LogP) is 1.64. The van der Waals surface area contributed by atoms with E-state index < -0.39 is 27.7 Å². The Labute approximate surface area is 85.2 Å². The van der Waals surface area contributed by atoms with Crippen molar-refractivity contribution < 1.29 is 22.0 Å². The van der Waals surface area contributed by atoms with Gasteiger partial charge in [0.25, 0.3) is 0 Å². The quantitative estimate of drug-likeness (QED) is 0.687. The fraction of sp³-hybridized carbons (Fsp3) is 1.00. The highest BCUT2D eigenvalue weighted by atomic mass is 32.2. The Bertz CT molecular complexity index is 313. The van der Waals surface area contributed by atoms with Crippen LogP contribution in [-0.2, 0) is 23.4 Å². The summed E-state index contributed by atoms with van der Waals surface area (Å²) >= 11 is 0. The summed E-state index contributed by atoms with van der Waals surface area (Å²) in [5.41, 5.74) is 0. The molecule has 86 valence electrons. The molecule has 0 spiro atoms. The van der Waals surface area contributed by atoms with Crippen molar-refractivity contribution in [1.29, 1.82) is 0 Å². The molecule has 0 bridgehead atoms. The molecular formula is C7H17O5PS. The first-order valence-corrected chi connectivity index (χ1v) is 7.38. The molecule has 7 heteroatoms. The molecule has 0 aromatic rings. The molecule has 0 aromatic carbocycles. The summed E-state index contributed by atoms with van der Waals surface area (Å²) < 4.78 is 44.4. The Morgan fingerprint density at radius 3 is 1.64 bits per heavy atom. The van der Waals surface area contributed by atoms with E-state index >= 15 is 0 Å². The van der Waals surface area contributed by atoms with Crippen molar-refractivity contribution in [1.82, 2.24) is 0 Å². The van der Waals surface area contributed by atoms with Crippen molar-refractivity contribution in [2.45, 2.75) is 31.0 Å². The normalized spacial score (nSPS) is 15.9. The molecule has 0 fully saturated rings. The molecule has 0 aliphatic heterocycles. The van der Waals surface area contributed by atoms with Crippen LogP contribution in [0.3, 0.4) is 0 Å². The summed E-state index contributed by atoms with van der Waals surface area (Å²) in [4.78, 5) is -1.13. The highest BCUT2D eigenvalue weighted by Gasteiger charge is 2.41. The molecule has 0 saturated carbocycles. The molecule has 0 amide bonds. The Balaban J connectivity index is 5.15. The van der Waals surface area contributed by atoms with Gasteiger partial charge in [-0.1, -0.05) is 0 Å². The summed E-state index contributed by atoms with van der Waals surface area (Å²) in [7, 11) is -4.65. The first-order valence-electron chi connectivity index (χ1n) is 4.16. The molecule has 0 aliphatic carbocycles. The minimum atomic E-state index is -3.54. The van der Waals surface area contributed by atoms with E-state index in [1.54, 1.807) is 0 Å². The maximum Gasteiger partial charge on any atom is 0.347 e. The fourth-order valence-corrected chi connectivity index (χ4v) is 5.16. The van der Waals surface area contributed by atoms with Crippen LogP contribution in [0.1, 0.15) is 20.8 Å². The van der Waals surface area contributed by atoms with Crippen molar-refractivity contribution in [3.05, 3.63) is 0 Å². The van der Waals surface area contributed by atoms with Gasteiger partial charge in [-0.2, -0.15) is 0 Å². The minimum absolute atomic E-state index is 0.601. The number of hydrogen-bond acceptors (Lipinski definition) is 5. The van der Waals surface area contributed by atoms with Crippen LogP contribution in [0.4, 0.5) is 0 Å². The Morgan fingerprint density at radius 1 is 1.07 bits per heavy atom. The molecule has 0 radical (unpaired) electrons. The van der Waals surface area contributed by atoms with Crippen LogP contribution in [0.15, 0.2) is 0 Å². The first kappa shape index (κ1) is 14.1. The van der Waals surface area contributed by atoms with E-state index in [-0.39, 0.29) is 0 Å². The zero-order chi connectivity index (χ0) is 11.6. The van der Waals surface area contributed by atoms with Gasteiger partial charge >= 0.3 is 7.60 Å². The smallest absolute Gasteiger partial charge is 0.311 e. The van der Waals surface area contributed by atoms with Gasteiger partial charge in [-0.05, 0) is 20.8 Å². The molecule has 0 rings (SSSR count). The second-order valence-electron chi connectivity index (χ2n) is 3.14. The standard InChI is InChI=1S/C7H17O5PS/c1-6(2)14(9,10)7(3)13(8,11-4)12-5/h6-7H,1-5H3/t7-/m1/s1. The second-order valence-corrected chi connectivity index (χ2v) is 8.90. The molecule has 0 aromatic heterocycles. The van der Waals surface area contributed by atoms with Crippen LogP contribution in [0.5, 0.6) is 0 Å². The third kappa shape index (κ3) is 2.57. The van der Waals surface area contributed by atoms with Crippen LogP contribution in [-0.4, -0.2) is 32.9 Å². The molecule has 1 atom stereocenters. The monoisotopic (exact) mass is 244 g/mol. The number of rotatable bonds is 5. The molecular weight excluding hydrogens is 227 g/mol. The van der Waals surface area contributed by atoms with Gasteiger partial charge < -0.3 is 9.05 Å². The highest BCUT2D eigenvalue weighted by Crippen LogP contribution is 2.53. The summed E-state index contributed by atoms with van der Waals surface area (Å²) in [5.74, 6) is 0. The van der Waals surface area contributed by atoms with Crippen LogP contribution in [0.2, 0.25) is 0 Å². The van der Waals surface area contributed by atoms with E-state index in [1.807, 2.05) is 0 Å². The van der Waals surface area contributed by atoms with Gasteiger partial charge in [-0.25, -0.2) is 8.42 Å². The predicted molar refractivity (Wildman–Crippen MR) is 55.1 cm³/mol. The Hall–Kier alpha value is 0.100. The molecule has 14 heavy (non-hydrogen) atoms. The summed E-state index contributed by atoms with van der Waals surface area (Å²) in [6, 6.07) is 0. The van der Waals surface area contributed by atoms with E-state index in [0.717, 1.165) is 0 Å². The zero-order valence-corrected chi connectivity index (χ0v) is 10.8. The average molecular weight is 244 g/mol. The lowest BCUT2D eigenvalue weighted by Gasteiger charge is -2.22. The lowest BCUT2D eigenvalue weighted by molar-refractivity contribution is 0.273. The average Bonchev–Trinajstić information content (AvgIpc) is 2.15. The lowest BCUT2D eigenvalue weighted by atomic mass is 10.6. The van der Waals surface area contributed by atoms with Crippen molar-refractivity contribution in [2.75, 3.05) is 14.2 Å². The van der Waals surface area contributed by atoms with Crippen molar-refractivity contribution in [2.24, 2.45) is 0 Å². The number of hydrogen-bond donors (Lipinski definition) is 0. The maximum atomic E-state index is 11.8.